The summed E-state index contributed by atoms with van der Waals surface area (Å²) in [6.07, 6.45) is 0. The van der Waals surface area contributed by atoms with Crippen LogP contribution in [-0.4, -0.2) is 19.7 Å². The predicted molar refractivity (Wildman–Crippen MR) is 64.4 cm³/mol. The van der Waals surface area contributed by atoms with Gasteiger partial charge < -0.3 is 9.47 Å². The third-order valence-corrected chi connectivity index (χ3v) is 3.77. The Hall–Kier alpha value is -0.550. The SMILES string of the molecule is CCOC(=O)c1c(OC)ccc(Br)c1Br. The Balaban J connectivity index is 3.23. The first-order valence-corrected chi connectivity index (χ1v) is 5.89. The summed E-state index contributed by atoms with van der Waals surface area (Å²) in [6.45, 7) is 2.09. The van der Waals surface area contributed by atoms with Gasteiger partial charge in [-0.3, -0.25) is 0 Å². The minimum Gasteiger partial charge on any atom is -0.496 e. The average Bonchev–Trinajstić information content (AvgIpc) is 2.22. The summed E-state index contributed by atoms with van der Waals surface area (Å²) >= 11 is 6.63. The quantitative estimate of drug-likeness (QED) is 0.793. The van der Waals surface area contributed by atoms with Crippen molar-refractivity contribution in [3.8, 4) is 5.75 Å². The van der Waals surface area contributed by atoms with Crippen molar-refractivity contribution in [2.24, 2.45) is 0 Å². The van der Waals surface area contributed by atoms with E-state index in [1.165, 1.54) is 7.11 Å². The number of carbonyl (C=O) groups is 1. The van der Waals surface area contributed by atoms with E-state index in [2.05, 4.69) is 31.9 Å². The Labute approximate surface area is 105 Å². The van der Waals surface area contributed by atoms with E-state index in [1.807, 2.05) is 0 Å². The van der Waals surface area contributed by atoms with Gasteiger partial charge in [0.1, 0.15) is 11.3 Å². The second-order valence-electron chi connectivity index (χ2n) is 2.66. The predicted octanol–water partition coefficient (Wildman–Crippen LogP) is 3.40. The molecular weight excluding hydrogens is 328 g/mol. The number of benzene rings is 1. The van der Waals surface area contributed by atoms with Crippen LogP contribution in [0.4, 0.5) is 0 Å². The summed E-state index contributed by atoms with van der Waals surface area (Å²) in [7, 11) is 1.51. The molecule has 0 spiro atoms. The smallest absolute Gasteiger partial charge is 0.343 e. The molecular formula is C10H10Br2O3. The molecule has 5 heteroatoms. The lowest BCUT2D eigenvalue weighted by Gasteiger charge is -2.10. The van der Waals surface area contributed by atoms with Crippen LogP contribution in [-0.2, 0) is 4.74 Å². The molecule has 0 fully saturated rings. The maximum absolute atomic E-state index is 11.6. The molecule has 0 N–H and O–H groups in total. The van der Waals surface area contributed by atoms with Crippen LogP contribution in [0, 0.1) is 0 Å². The van der Waals surface area contributed by atoms with E-state index in [0.717, 1.165) is 4.47 Å². The van der Waals surface area contributed by atoms with Gasteiger partial charge in [0.25, 0.3) is 0 Å². The molecule has 0 bridgehead atoms. The van der Waals surface area contributed by atoms with Crippen molar-refractivity contribution in [1.29, 1.82) is 0 Å². The van der Waals surface area contributed by atoms with Gasteiger partial charge in [0.05, 0.1) is 18.2 Å². The number of methoxy groups -OCH3 is 1. The van der Waals surface area contributed by atoms with Crippen LogP contribution >= 0.6 is 31.9 Å². The Kier molecular flexibility index (Phi) is 4.60. The van der Waals surface area contributed by atoms with Gasteiger partial charge in [-0.25, -0.2) is 4.79 Å². The fourth-order valence-electron chi connectivity index (χ4n) is 1.10. The van der Waals surface area contributed by atoms with Crippen molar-refractivity contribution in [3.63, 3.8) is 0 Å². The molecule has 0 atom stereocenters. The zero-order valence-electron chi connectivity index (χ0n) is 8.34. The highest BCUT2D eigenvalue weighted by Gasteiger charge is 2.19. The minimum absolute atomic E-state index is 0.334. The maximum atomic E-state index is 11.6. The number of ether oxygens (including phenoxy) is 2. The molecule has 0 aliphatic heterocycles. The van der Waals surface area contributed by atoms with Gasteiger partial charge in [-0.05, 0) is 50.9 Å². The van der Waals surface area contributed by atoms with Gasteiger partial charge in [0, 0.05) is 4.47 Å². The number of esters is 1. The van der Waals surface area contributed by atoms with Crippen LogP contribution in [0.2, 0.25) is 0 Å². The first kappa shape index (κ1) is 12.5. The Morgan fingerprint density at radius 3 is 2.60 bits per heavy atom. The standard InChI is InChI=1S/C10H10Br2O3/c1-3-15-10(13)8-7(14-2)5-4-6(11)9(8)12/h4-5H,3H2,1-2H3. The van der Waals surface area contributed by atoms with E-state index in [1.54, 1.807) is 19.1 Å². The fourth-order valence-corrected chi connectivity index (χ4v) is 1.92. The van der Waals surface area contributed by atoms with Gasteiger partial charge >= 0.3 is 5.97 Å². The van der Waals surface area contributed by atoms with Crippen LogP contribution in [0.5, 0.6) is 5.75 Å². The summed E-state index contributed by atoms with van der Waals surface area (Å²) in [5.74, 6) is 0.0889. The lowest BCUT2D eigenvalue weighted by Crippen LogP contribution is -2.08. The highest BCUT2D eigenvalue weighted by molar-refractivity contribution is 9.13. The molecule has 1 aromatic rings. The molecule has 3 nitrogen and oxygen atoms in total. The molecule has 0 saturated heterocycles. The van der Waals surface area contributed by atoms with Gasteiger partial charge in [0.2, 0.25) is 0 Å². The number of rotatable bonds is 3. The van der Waals surface area contributed by atoms with Crippen LogP contribution in [0.3, 0.4) is 0 Å². The summed E-state index contributed by atoms with van der Waals surface area (Å²) in [5.41, 5.74) is 0.397. The van der Waals surface area contributed by atoms with Crippen LogP contribution in [0.25, 0.3) is 0 Å². The minimum atomic E-state index is -0.400. The number of hydrogen-bond acceptors (Lipinski definition) is 3. The van der Waals surface area contributed by atoms with Crippen molar-refractivity contribution in [2.45, 2.75) is 6.92 Å². The first-order valence-electron chi connectivity index (χ1n) is 4.31. The van der Waals surface area contributed by atoms with Gasteiger partial charge in [0.15, 0.2) is 0 Å². The third-order valence-electron chi connectivity index (χ3n) is 1.76. The average molecular weight is 338 g/mol. The van der Waals surface area contributed by atoms with Gasteiger partial charge in [-0.2, -0.15) is 0 Å². The van der Waals surface area contributed by atoms with Gasteiger partial charge in [-0.15, -0.1) is 0 Å². The highest BCUT2D eigenvalue weighted by Crippen LogP contribution is 2.33. The molecule has 15 heavy (non-hydrogen) atoms. The van der Waals surface area contributed by atoms with Crippen molar-refractivity contribution < 1.29 is 14.3 Å². The Bertz CT molecular complexity index is 377. The number of carbonyl (C=O) groups excluding carboxylic acids is 1. The summed E-state index contributed by atoms with van der Waals surface area (Å²) in [5, 5.41) is 0. The molecule has 0 aromatic heterocycles. The van der Waals surface area contributed by atoms with Crippen molar-refractivity contribution >= 4 is 37.8 Å². The lowest BCUT2D eigenvalue weighted by atomic mass is 10.2. The monoisotopic (exact) mass is 336 g/mol. The molecule has 1 rings (SSSR count). The second-order valence-corrected chi connectivity index (χ2v) is 4.31. The Morgan fingerprint density at radius 2 is 2.07 bits per heavy atom. The van der Waals surface area contributed by atoms with E-state index in [4.69, 9.17) is 9.47 Å². The van der Waals surface area contributed by atoms with Crippen molar-refractivity contribution in [3.05, 3.63) is 26.6 Å². The molecule has 1 aromatic carbocycles. The van der Waals surface area contributed by atoms with E-state index in [9.17, 15) is 4.79 Å². The third kappa shape index (κ3) is 2.72. The van der Waals surface area contributed by atoms with Gasteiger partial charge in [-0.1, -0.05) is 0 Å². The topological polar surface area (TPSA) is 35.5 Å². The van der Waals surface area contributed by atoms with E-state index in [-0.39, 0.29) is 0 Å². The molecule has 0 aliphatic carbocycles. The normalized spacial score (nSPS) is 9.87. The summed E-state index contributed by atoms with van der Waals surface area (Å²) in [6, 6.07) is 3.51. The van der Waals surface area contributed by atoms with Crippen molar-refractivity contribution in [1.82, 2.24) is 0 Å². The van der Waals surface area contributed by atoms with E-state index >= 15 is 0 Å². The zero-order chi connectivity index (χ0) is 11.4. The highest BCUT2D eigenvalue weighted by atomic mass is 79.9. The Morgan fingerprint density at radius 1 is 1.40 bits per heavy atom. The zero-order valence-corrected chi connectivity index (χ0v) is 11.5. The van der Waals surface area contributed by atoms with Crippen LogP contribution in [0.1, 0.15) is 17.3 Å². The van der Waals surface area contributed by atoms with Crippen LogP contribution < -0.4 is 4.74 Å². The second kappa shape index (κ2) is 5.51. The number of halogens is 2. The fraction of sp³-hybridized carbons (Fsp3) is 0.300. The summed E-state index contributed by atoms with van der Waals surface area (Å²) < 4.78 is 11.5. The molecule has 0 saturated carbocycles. The molecule has 0 aliphatic rings. The van der Waals surface area contributed by atoms with E-state index in [0.29, 0.717) is 22.4 Å². The summed E-state index contributed by atoms with van der Waals surface area (Å²) in [4.78, 5) is 11.6. The number of hydrogen-bond donors (Lipinski definition) is 0. The molecule has 0 heterocycles. The molecule has 0 amide bonds. The molecule has 0 radical (unpaired) electrons. The van der Waals surface area contributed by atoms with Crippen molar-refractivity contribution in [2.75, 3.05) is 13.7 Å². The maximum Gasteiger partial charge on any atom is 0.343 e. The lowest BCUT2D eigenvalue weighted by molar-refractivity contribution is 0.0521. The molecule has 82 valence electrons. The van der Waals surface area contributed by atoms with Crippen LogP contribution in [0.15, 0.2) is 21.1 Å². The largest absolute Gasteiger partial charge is 0.496 e. The first-order chi connectivity index (χ1) is 7.11. The van der Waals surface area contributed by atoms with E-state index < -0.39 is 5.97 Å². The molecule has 0 unspecified atom stereocenters.